The minimum Gasteiger partial charge on any atom is -0.390 e. The first kappa shape index (κ1) is 18.8. The normalized spacial score (nSPS) is 24.2. The quantitative estimate of drug-likeness (QED) is 0.799. The van der Waals surface area contributed by atoms with Crippen molar-refractivity contribution in [2.45, 2.75) is 32.0 Å². The SMILES string of the molecule is COCCN1CCN(C[C@@H](O)CN2CCc3ccccc3C2)C[C@H]1C. The average molecular weight is 348 g/mol. The molecule has 0 aromatic heterocycles. The van der Waals surface area contributed by atoms with Crippen LogP contribution in [0, 0.1) is 0 Å². The molecule has 0 radical (unpaired) electrons. The summed E-state index contributed by atoms with van der Waals surface area (Å²) >= 11 is 0. The van der Waals surface area contributed by atoms with E-state index in [1.807, 2.05) is 0 Å². The van der Waals surface area contributed by atoms with Crippen molar-refractivity contribution >= 4 is 0 Å². The van der Waals surface area contributed by atoms with Crippen LogP contribution in [0.1, 0.15) is 18.1 Å². The van der Waals surface area contributed by atoms with Gasteiger partial charge in [-0.2, -0.15) is 0 Å². The number of nitrogens with zero attached hydrogens (tertiary/aromatic N) is 3. The molecular formula is C20H33N3O2. The molecule has 1 aromatic rings. The summed E-state index contributed by atoms with van der Waals surface area (Å²) in [7, 11) is 1.76. The molecule has 0 bridgehead atoms. The minimum absolute atomic E-state index is 0.275. The van der Waals surface area contributed by atoms with Crippen LogP contribution in [0.5, 0.6) is 0 Å². The molecule has 1 fully saturated rings. The molecule has 140 valence electrons. The van der Waals surface area contributed by atoms with E-state index in [1.54, 1.807) is 7.11 Å². The molecule has 2 heterocycles. The van der Waals surface area contributed by atoms with Gasteiger partial charge in [0, 0.05) is 65.5 Å². The highest BCUT2D eigenvalue weighted by molar-refractivity contribution is 5.29. The van der Waals surface area contributed by atoms with E-state index in [2.05, 4.69) is 45.9 Å². The van der Waals surface area contributed by atoms with Gasteiger partial charge in [0.2, 0.25) is 0 Å². The number of fused-ring (bicyclic) bond motifs is 1. The number of aliphatic hydroxyl groups excluding tert-OH is 1. The Hall–Kier alpha value is -0.980. The van der Waals surface area contributed by atoms with E-state index in [0.717, 1.165) is 65.4 Å². The summed E-state index contributed by atoms with van der Waals surface area (Å²) in [6, 6.07) is 9.21. The van der Waals surface area contributed by atoms with Crippen molar-refractivity contribution in [3.8, 4) is 0 Å². The first-order chi connectivity index (χ1) is 12.2. The standard InChI is InChI=1S/C20H33N3O2/c1-17-13-22(9-10-23(17)11-12-25-2)16-20(24)15-21-8-7-18-5-3-4-6-19(18)14-21/h3-6,17,20,24H,7-16H2,1-2H3/t17-,20+/m1/s1. The lowest BCUT2D eigenvalue weighted by Gasteiger charge is -2.41. The Balaban J connectivity index is 1.42. The van der Waals surface area contributed by atoms with Gasteiger partial charge in [0.25, 0.3) is 0 Å². The predicted molar refractivity (Wildman–Crippen MR) is 101 cm³/mol. The Morgan fingerprint density at radius 2 is 1.88 bits per heavy atom. The molecule has 0 amide bonds. The van der Waals surface area contributed by atoms with Crippen LogP contribution < -0.4 is 0 Å². The highest BCUT2D eigenvalue weighted by Gasteiger charge is 2.25. The maximum absolute atomic E-state index is 10.6. The van der Waals surface area contributed by atoms with Crippen LogP contribution in [0.2, 0.25) is 0 Å². The van der Waals surface area contributed by atoms with Gasteiger partial charge < -0.3 is 9.84 Å². The Bertz CT molecular complexity index is 539. The Labute approximate surface area is 152 Å². The second kappa shape index (κ2) is 9.10. The second-order valence-corrected chi connectivity index (χ2v) is 7.55. The topological polar surface area (TPSA) is 39.2 Å². The third-order valence-electron chi connectivity index (χ3n) is 5.58. The van der Waals surface area contributed by atoms with Crippen LogP contribution in [0.3, 0.4) is 0 Å². The number of piperazine rings is 1. The molecule has 1 N–H and O–H groups in total. The number of ether oxygens (including phenoxy) is 1. The molecule has 5 heteroatoms. The molecule has 0 saturated carbocycles. The third-order valence-corrected chi connectivity index (χ3v) is 5.58. The fourth-order valence-electron chi connectivity index (χ4n) is 4.14. The van der Waals surface area contributed by atoms with E-state index in [-0.39, 0.29) is 6.10 Å². The molecule has 2 aliphatic heterocycles. The van der Waals surface area contributed by atoms with Crippen LogP contribution in [0.4, 0.5) is 0 Å². The first-order valence-corrected chi connectivity index (χ1v) is 9.58. The maximum atomic E-state index is 10.6. The summed E-state index contributed by atoms with van der Waals surface area (Å²) in [5.41, 5.74) is 2.88. The molecule has 3 rings (SSSR count). The first-order valence-electron chi connectivity index (χ1n) is 9.58. The van der Waals surface area contributed by atoms with E-state index in [9.17, 15) is 5.11 Å². The molecule has 2 atom stereocenters. The van der Waals surface area contributed by atoms with Crippen molar-refractivity contribution in [3.63, 3.8) is 0 Å². The van der Waals surface area contributed by atoms with Crippen molar-refractivity contribution in [1.29, 1.82) is 0 Å². The Morgan fingerprint density at radius 1 is 1.12 bits per heavy atom. The van der Waals surface area contributed by atoms with Crippen molar-refractivity contribution in [2.75, 3.05) is 59.5 Å². The summed E-state index contributed by atoms with van der Waals surface area (Å²) in [5, 5.41) is 10.6. The highest BCUT2D eigenvalue weighted by atomic mass is 16.5. The average Bonchev–Trinajstić information content (AvgIpc) is 2.61. The van der Waals surface area contributed by atoms with Crippen molar-refractivity contribution in [1.82, 2.24) is 14.7 Å². The van der Waals surface area contributed by atoms with Crippen LogP contribution in [0.25, 0.3) is 0 Å². The van der Waals surface area contributed by atoms with E-state index in [1.165, 1.54) is 11.1 Å². The zero-order valence-corrected chi connectivity index (χ0v) is 15.7. The summed E-state index contributed by atoms with van der Waals surface area (Å²) in [6.45, 7) is 10.8. The lowest BCUT2D eigenvalue weighted by Crippen LogP contribution is -2.54. The minimum atomic E-state index is -0.275. The van der Waals surface area contributed by atoms with Gasteiger partial charge in [0.15, 0.2) is 0 Å². The molecule has 0 spiro atoms. The van der Waals surface area contributed by atoms with Crippen LogP contribution in [-0.2, 0) is 17.7 Å². The van der Waals surface area contributed by atoms with Gasteiger partial charge in [-0.05, 0) is 24.5 Å². The monoisotopic (exact) mass is 347 g/mol. The van der Waals surface area contributed by atoms with Gasteiger partial charge in [-0.1, -0.05) is 24.3 Å². The van der Waals surface area contributed by atoms with Crippen LogP contribution in [0.15, 0.2) is 24.3 Å². The summed E-state index contributed by atoms with van der Waals surface area (Å²) in [4.78, 5) is 7.29. The maximum Gasteiger partial charge on any atom is 0.0793 e. The summed E-state index contributed by atoms with van der Waals surface area (Å²) < 4.78 is 5.19. The van der Waals surface area contributed by atoms with E-state index in [0.29, 0.717) is 6.04 Å². The zero-order chi connectivity index (χ0) is 17.6. The van der Waals surface area contributed by atoms with Crippen molar-refractivity contribution < 1.29 is 9.84 Å². The fourth-order valence-corrected chi connectivity index (χ4v) is 4.14. The van der Waals surface area contributed by atoms with E-state index in [4.69, 9.17) is 4.74 Å². The lowest BCUT2D eigenvalue weighted by atomic mass is 10.00. The predicted octanol–water partition coefficient (Wildman–Crippen LogP) is 1.06. The molecule has 0 unspecified atom stereocenters. The number of methoxy groups -OCH3 is 1. The second-order valence-electron chi connectivity index (χ2n) is 7.55. The largest absolute Gasteiger partial charge is 0.390 e. The van der Waals surface area contributed by atoms with Crippen LogP contribution in [-0.4, -0.2) is 91.5 Å². The number of β-amino-alcohol motifs (C(OH)–C–C–N with tert-alkyl or cyclic N) is 1. The number of rotatable bonds is 7. The van der Waals surface area contributed by atoms with Gasteiger partial charge in [0.05, 0.1) is 12.7 Å². The molecular weight excluding hydrogens is 314 g/mol. The molecule has 1 aromatic carbocycles. The smallest absolute Gasteiger partial charge is 0.0793 e. The summed E-state index contributed by atoms with van der Waals surface area (Å²) in [6.07, 6.45) is 0.820. The fraction of sp³-hybridized carbons (Fsp3) is 0.700. The number of hydrogen-bond donors (Lipinski definition) is 1. The van der Waals surface area contributed by atoms with Gasteiger partial charge in [-0.25, -0.2) is 0 Å². The van der Waals surface area contributed by atoms with Gasteiger partial charge in [-0.3, -0.25) is 14.7 Å². The Kier molecular flexibility index (Phi) is 6.84. The summed E-state index contributed by atoms with van der Waals surface area (Å²) in [5.74, 6) is 0. The number of benzene rings is 1. The van der Waals surface area contributed by atoms with Crippen molar-refractivity contribution in [2.24, 2.45) is 0 Å². The van der Waals surface area contributed by atoms with Crippen LogP contribution >= 0.6 is 0 Å². The number of aliphatic hydroxyl groups is 1. The third kappa shape index (κ3) is 5.25. The zero-order valence-electron chi connectivity index (χ0n) is 15.7. The van der Waals surface area contributed by atoms with Crippen molar-refractivity contribution in [3.05, 3.63) is 35.4 Å². The number of hydrogen-bond acceptors (Lipinski definition) is 5. The molecule has 0 aliphatic carbocycles. The van der Waals surface area contributed by atoms with E-state index < -0.39 is 0 Å². The van der Waals surface area contributed by atoms with Gasteiger partial charge in [-0.15, -0.1) is 0 Å². The van der Waals surface area contributed by atoms with Gasteiger partial charge in [0.1, 0.15) is 0 Å². The lowest BCUT2D eigenvalue weighted by molar-refractivity contribution is 0.0216. The van der Waals surface area contributed by atoms with E-state index >= 15 is 0 Å². The molecule has 2 aliphatic rings. The molecule has 1 saturated heterocycles. The van der Waals surface area contributed by atoms with Gasteiger partial charge >= 0.3 is 0 Å². The highest BCUT2D eigenvalue weighted by Crippen LogP contribution is 2.19. The molecule has 5 nitrogen and oxygen atoms in total. The Morgan fingerprint density at radius 3 is 2.64 bits per heavy atom. The molecule has 25 heavy (non-hydrogen) atoms.